The summed E-state index contributed by atoms with van der Waals surface area (Å²) < 4.78 is 80.8. The predicted molar refractivity (Wildman–Crippen MR) is 98.8 cm³/mol. The molecule has 0 saturated heterocycles. The molecule has 0 bridgehead atoms. The molecule has 0 atom stereocenters. The normalized spacial score (nSPS) is 13.9. The molecular weight excluding hydrogens is 391 g/mol. The van der Waals surface area contributed by atoms with E-state index in [-0.39, 0.29) is 10.5 Å². The molecule has 142 valence electrons. The van der Waals surface area contributed by atoms with Gasteiger partial charge in [0, 0.05) is 21.5 Å². The number of benzene rings is 2. The first-order chi connectivity index (χ1) is 13.3. The van der Waals surface area contributed by atoms with Crippen LogP contribution in [0.15, 0.2) is 70.7 Å². The van der Waals surface area contributed by atoms with Crippen molar-refractivity contribution in [3.05, 3.63) is 83.4 Å². The van der Waals surface area contributed by atoms with Gasteiger partial charge in [-0.2, -0.15) is 0 Å². The van der Waals surface area contributed by atoms with Gasteiger partial charge in [0.15, 0.2) is 0 Å². The van der Waals surface area contributed by atoms with E-state index in [4.69, 9.17) is 7.88 Å². The molecule has 9 heteroatoms. The van der Waals surface area contributed by atoms with Crippen molar-refractivity contribution >= 4 is 20.0 Å². The van der Waals surface area contributed by atoms with Crippen molar-refractivity contribution in [1.29, 1.82) is 0 Å². The maximum absolute atomic E-state index is 13.6. The van der Waals surface area contributed by atoms with Crippen molar-refractivity contribution < 1.29 is 24.0 Å². The van der Waals surface area contributed by atoms with Crippen LogP contribution in [-0.2, 0) is 26.4 Å². The summed E-state index contributed by atoms with van der Waals surface area (Å²) in [5.74, 6) is -0.727. The minimum atomic E-state index is -4.48. The highest BCUT2D eigenvalue weighted by molar-refractivity contribution is 7.90. The Morgan fingerprint density at radius 3 is 2.33 bits per heavy atom. The van der Waals surface area contributed by atoms with Gasteiger partial charge < -0.3 is 0 Å². The van der Waals surface area contributed by atoms with Crippen LogP contribution in [0, 0.1) is 12.7 Å². The summed E-state index contributed by atoms with van der Waals surface area (Å²) in [4.78, 5) is -0.820. The van der Waals surface area contributed by atoms with E-state index in [0.29, 0.717) is 3.97 Å². The summed E-state index contributed by atoms with van der Waals surface area (Å²) in [7, 11) is -8.69. The van der Waals surface area contributed by atoms with Gasteiger partial charge in [0.1, 0.15) is 10.7 Å². The molecule has 6 nitrogen and oxygen atoms in total. The van der Waals surface area contributed by atoms with Gasteiger partial charge in [-0.25, -0.2) is 30.3 Å². The van der Waals surface area contributed by atoms with E-state index in [0.717, 1.165) is 30.1 Å². The molecule has 0 aliphatic heterocycles. The Morgan fingerprint density at radius 1 is 1.07 bits per heavy atom. The molecule has 2 N–H and O–H groups in total. The third kappa shape index (κ3) is 4.10. The number of halogens is 1. The molecule has 1 aromatic heterocycles. The Bertz CT molecular complexity index is 1290. The van der Waals surface area contributed by atoms with Crippen molar-refractivity contribution in [2.24, 2.45) is 5.14 Å². The van der Waals surface area contributed by atoms with E-state index >= 15 is 0 Å². The Kier molecular flexibility index (Phi) is 4.27. The molecule has 0 unspecified atom stereocenters. The van der Waals surface area contributed by atoms with Crippen LogP contribution in [0.2, 0.25) is 0 Å². The Morgan fingerprint density at radius 2 is 1.74 bits per heavy atom. The molecule has 0 aliphatic rings. The molecule has 0 spiro atoms. The molecule has 2 aromatic carbocycles. The fourth-order valence-corrected chi connectivity index (χ4v) is 4.38. The zero-order valence-corrected chi connectivity index (χ0v) is 15.8. The second-order valence-corrected chi connectivity index (χ2v) is 9.24. The lowest BCUT2D eigenvalue weighted by molar-refractivity contribution is 0.587. The Labute approximate surface area is 160 Å². The van der Waals surface area contributed by atoms with Crippen molar-refractivity contribution in [3.63, 3.8) is 0 Å². The Balaban J connectivity index is 2.24. The number of rotatable bonds is 5. The molecule has 0 fully saturated rings. The van der Waals surface area contributed by atoms with Gasteiger partial charge >= 0.3 is 0 Å². The zero-order valence-electron chi connectivity index (χ0n) is 16.1. The lowest BCUT2D eigenvalue weighted by Gasteiger charge is -2.05. The first-order valence-corrected chi connectivity index (χ1v) is 10.7. The average Bonchev–Trinajstić information content (AvgIpc) is 3.09. The maximum atomic E-state index is 13.6. The number of hydrogen-bond acceptors (Lipinski definition) is 4. The highest BCUT2D eigenvalue weighted by atomic mass is 32.2. The lowest BCUT2D eigenvalue weighted by atomic mass is 10.1. The fraction of sp³-hybridized carbons (Fsp3) is 0.111. The van der Waals surface area contributed by atoms with Crippen molar-refractivity contribution in [2.75, 3.05) is 0 Å². The summed E-state index contributed by atoms with van der Waals surface area (Å²) in [6.45, 7) is 1.77. The van der Waals surface area contributed by atoms with Gasteiger partial charge in [-0.1, -0.05) is 29.8 Å². The van der Waals surface area contributed by atoms with Crippen molar-refractivity contribution in [2.45, 2.75) is 23.1 Å². The van der Waals surface area contributed by atoms with E-state index in [1.165, 1.54) is 24.3 Å². The summed E-state index contributed by atoms with van der Waals surface area (Å²) >= 11 is 0. The van der Waals surface area contributed by atoms with Crippen LogP contribution >= 0.6 is 0 Å². The first-order valence-electron chi connectivity index (χ1n) is 8.67. The van der Waals surface area contributed by atoms with Crippen molar-refractivity contribution in [1.82, 2.24) is 3.97 Å². The summed E-state index contributed by atoms with van der Waals surface area (Å²) in [6, 6.07) is 10.4. The monoisotopic (exact) mass is 410 g/mol. The minimum Gasteiger partial charge on any atom is -0.247 e. The number of hydrogen-bond donors (Lipinski definition) is 1. The predicted octanol–water partition coefficient (Wildman–Crippen LogP) is 2.41. The van der Waals surface area contributed by atoms with Crippen LogP contribution < -0.4 is 5.14 Å². The summed E-state index contributed by atoms with van der Waals surface area (Å²) in [6.07, 6.45) is -0.936. The highest BCUT2D eigenvalue weighted by Crippen LogP contribution is 2.24. The smallest absolute Gasteiger partial charge is 0.247 e. The Hall–Kier alpha value is -2.49. The zero-order chi connectivity index (χ0) is 21.6. The van der Waals surface area contributed by atoms with E-state index in [9.17, 15) is 21.2 Å². The second kappa shape index (κ2) is 6.91. The molecule has 3 aromatic rings. The van der Waals surface area contributed by atoms with Crippen molar-refractivity contribution in [3.8, 4) is 0 Å². The van der Waals surface area contributed by atoms with Gasteiger partial charge in [0.05, 0.1) is 4.90 Å². The van der Waals surface area contributed by atoms with Gasteiger partial charge in [-0.3, -0.25) is 0 Å². The molecule has 27 heavy (non-hydrogen) atoms. The lowest BCUT2D eigenvalue weighted by Crippen LogP contribution is -2.14. The number of aromatic nitrogens is 1. The van der Waals surface area contributed by atoms with Crippen LogP contribution in [-0.4, -0.2) is 20.8 Å². The minimum absolute atomic E-state index is 0.114. The number of aryl methyl sites for hydroxylation is 1. The quantitative estimate of drug-likeness (QED) is 0.698. The van der Waals surface area contributed by atoms with E-state index in [1.807, 2.05) is 0 Å². The average molecular weight is 410 g/mol. The third-order valence-corrected chi connectivity index (χ3v) is 6.34. The van der Waals surface area contributed by atoms with E-state index in [1.54, 1.807) is 19.1 Å². The highest BCUT2D eigenvalue weighted by Gasteiger charge is 2.24. The van der Waals surface area contributed by atoms with Gasteiger partial charge in [-0.05, 0) is 42.3 Å². The van der Waals surface area contributed by atoms with Gasteiger partial charge in [0.2, 0.25) is 10.0 Å². The topological polar surface area (TPSA) is 99.2 Å². The number of sulfonamides is 1. The first kappa shape index (κ1) is 16.7. The summed E-state index contributed by atoms with van der Waals surface area (Å²) in [5.41, 5.74) is 0.124. The SMILES string of the molecule is [2H]C([2H])(c1cccc(F)c1)c1cn(S(=O)(=O)c2ccc(C)cc2)cc1S(N)(=O)=O. The molecule has 0 amide bonds. The molecule has 0 radical (unpaired) electrons. The number of primary sulfonamides is 1. The van der Waals surface area contributed by atoms with Crippen LogP contribution in [0.4, 0.5) is 4.39 Å². The molecule has 0 saturated carbocycles. The molecular formula is C18H17FN2O4S2. The van der Waals surface area contributed by atoms with Crippen LogP contribution in [0.1, 0.15) is 19.4 Å². The van der Waals surface area contributed by atoms with E-state index < -0.39 is 42.7 Å². The standard InChI is InChI=1S/C18H17FN2O4S2/c1-13-5-7-17(8-6-13)27(24,25)21-11-15(18(12-21)26(20,22)23)9-14-3-2-4-16(19)10-14/h2-8,10-12H,9H2,1H3,(H2,20,22,23)/i9D2. The second-order valence-electron chi connectivity index (χ2n) is 5.86. The van der Waals surface area contributed by atoms with Gasteiger partial charge in [0.25, 0.3) is 10.0 Å². The molecule has 0 aliphatic carbocycles. The largest absolute Gasteiger partial charge is 0.267 e. The summed E-state index contributed by atoms with van der Waals surface area (Å²) in [5, 5.41) is 5.20. The number of nitrogens with two attached hydrogens (primary N) is 1. The van der Waals surface area contributed by atoms with Crippen LogP contribution in [0.25, 0.3) is 0 Å². The fourth-order valence-electron chi connectivity index (χ4n) is 2.43. The van der Waals surface area contributed by atoms with Crippen LogP contribution in [0.3, 0.4) is 0 Å². The number of nitrogens with zero attached hydrogens (tertiary/aromatic N) is 1. The molecule has 1 heterocycles. The van der Waals surface area contributed by atoms with Crippen LogP contribution in [0.5, 0.6) is 0 Å². The maximum Gasteiger partial charge on any atom is 0.267 e. The molecule has 3 rings (SSSR count). The van der Waals surface area contributed by atoms with E-state index in [2.05, 4.69) is 0 Å². The van der Waals surface area contributed by atoms with Gasteiger partial charge in [-0.15, -0.1) is 0 Å². The third-order valence-electron chi connectivity index (χ3n) is 3.77.